The standard InChI is InChI=1S/C27H23N7O2/c1-27(2,3)26(35)31-18-8-16(11-28-13-18)17-9-20-24(33-34-25(20)30-12-17)22-10-19-21(32-22)4-6-29-23(19)15-5-7-36-14-15/h4-14,32H,1-3H3,(H,31,35)(H,30,33,34). The van der Waals surface area contributed by atoms with Gasteiger partial charge in [-0.25, -0.2) is 4.98 Å². The summed E-state index contributed by atoms with van der Waals surface area (Å²) in [6, 6.07) is 9.80. The fourth-order valence-corrected chi connectivity index (χ4v) is 4.07. The fraction of sp³-hybridized carbons (Fsp3) is 0.148. The van der Waals surface area contributed by atoms with E-state index in [0.717, 1.165) is 50.1 Å². The topological polar surface area (TPSA) is 125 Å². The number of hydrogen-bond acceptors (Lipinski definition) is 6. The van der Waals surface area contributed by atoms with Gasteiger partial charge in [0.25, 0.3) is 0 Å². The molecule has 0 saturated heterocycles. The van der Waals surface area contributed by atoms with Crippen molar-refractivity contribution >= 4 is 33.5 Å². The van der Waals surface area contributed by atoms with Crippen molar-refractivity contribution in [1.82, 2.24) is 30.1 Å². The molecule has 0 unspecified atom stereocenters. The summed E-state index contributed by atoms with van der Waals surface area (Å²) in [6.45, 7) is 5.61. The fourth-order valence-electron chi connectivity index (χ4n) is 4.07. The van der Waals surface area contributed by atoms with Crippen molar-refractivity contribution in [3.8, 4) is 33.8 Å². The number of fused-ring (bicyclic) bond motifs is 2. The van der Waals surface area contributed by atoms with Gasteiger partial charge in [-0.05, 0) is 30.3 Å². The van der Waals surface area contributed by atoms with Gasteiger partial charge in [0.05, 0.1) is 41.5 Å². The van der Waals surface area contributed by atoms with Gasteiger partial charge in [0.1, 0.15) is 0 Å². The first-order chi connectivity index (χ1) is 17.4. The minimum Gasteiger partial charge on any atom is -0.472 e. The third-order valence-electron chi connectivity index (χ3n) is 6.03. The van der Waals surface area contributed by atoms with Crippen LogP contribution in [0.3, 0.4) is 0 Å². The maximum Gasteiger partial charge on any atom is 0.229 e. The van der Waals surface area contributed by atoms with Crippen molar-refractivity contribution in [3.05, 3.63) is 67.6 Å². The molecule has 9 nitrogen and oxygen atoms in total. The van der Waals surface area contributed by atoms with Crippen LogP contribution in [0.25, 0.3) is 55.7 Å². The number of aromatic nitrogens is 6. The zero-order chi connectivity index (χ0) is 24.9. The largest absolute Gasteiger partial charge is 0.472 e. The van der Waals surface area contributed by atoms with Crippen molar-refractivity contribution in [2.24, 2.45) is 5.41 Å². The molecule has 0 aromatic carbocycles. The molecule has 3 N–H and O–H groups in total. The Balaban J connectivity index is 1.40. The van der Waals surface area contributed by atoms with Crippen LogP contribution in [0.4, 0.5) is 5.69 Å². The van der Waals surface area contributed by atoms with Crippen molar-refractivity contribution in [1.29, 1.82) is 0 Å². The van der Waals surface area contributed by atoms with E-state index in [4.69, 9.17) is 4.42 Å². The smallest absolute Gasteiger partial charge is 0.229 e. The highest BCUT2D eigenvalue weighted by atomic mass is 16.3. The Morgan fingerprint density at radius 3 is 2.64 bits per heavy atom. The van der Waals surface area contributed by atoms with Crippen LogP contribution >= 0.6 is 0 Å². The number of aromatic amines is 2. The van der Waals surface area contributed by atoms with Crippen LogP contribution in [0.15, 0.2) is 72.1 Å². The predicted octanol–water partition coefficient (Wildman–Crippen LogP) is 5.81. The minimum atomic E-state index is -0.505. The molecule has 0 aliphatic carbocycles. The third-order valence-corrected chi connectivity index (χ3v) is 6.03. The first-order valence-electron chi connectivity index (χ1n) is 11.5. The molecule has 0 spiro atoms. The molecule has 6 aromatic heterocycles. The number of rotatable bonds is 4. The predicted molar refractivity (Wildman–Crippen MR) is 138 cm³/mol. The average molecular weight is 478 g/mol. The molecule has 0 atom stereocenters. The Morgan fingerprint density at radius 1 is 0.972 bits per heavy atom. The van der Waals surface area contributed by atoms with Crippen LogP contribution in [0, 0.1) is 5.41 Å². The van der Waals surface area contributed by atoms with Crippen LogP contribution in [-0.4, -0.2) is 36.0 Å². The van der Waals surface area contributed by atoms with Crippen LogP contribution in [0.2, 0.25) is 0 Å². The maximum atomic E-state index is 12.4. The number of nitrogens with one attached hydrogen (secondary N) is 3. The second kappa shape index (κ2) is 8.16. The lowest BCUT2D eigenvalue weighted by atomic mass is 9.95. The molecule has 0 saturated carbocycles. The van der Waals surface area contributed by atoms with E-state index >= 15 is 0 Å². The van der Waals surface area contributed by atoms with Gasteiger partial charge in [-0.1, -0.05) is 20.8 Å². The first kappa shape index (κ1) is 21.7. The van der Waals surface area contributed by atoms with E-state index in [0.29, 0.717) is 11.3 Å². The Kier molecular flexibility index (Phi) is 4.92. The molecule has 6 aromatic rings. The van der Waals surface area contributed by atoms with Gasteiger partial charge in [0.2, 0.25) is 5.91 Å². The Hall–Kier alpha value is -4.79. The van der Waals surface area contributed by atoms with Gasteiger partial charge >= 0.3 is 0 Å². The normalized spacial score (nSPS) is 11.9. The van der Waals surface area contributed by atoms with Gasteiger partial charge in [-0.15, -0.1) is 0 Å². The highest BCUT2D eigenvalue weighted by Gasteiger charge is 2.21. The number of H-pyrrole nitrogens is 2. The number of anilines is 1. The van der Waals surface area contributed by atoms with E-state index in [-0.39, 0.29) is 5.91 Å². The number of amides is 1. The van der Waals surface area contributed by atoms with Crippen molar-refractivity contribution in [3.63, 3.8) is 0 Å². The number of pyridine rings is 3. The van der Waals surface area contributed by atoms with Gasteiger partial charge in [-0.3, -0.25) is 19.9 Å². The molecule has 1 amide bonds. The van der Waals surface area contributed by atoms with Crippen molar-refractivity contribution < 1.29 is 9.21 Å². The molecular formula is C27H23N7O2. The summed E-state index contributed by atoms with van der Waals surface area (Å²) in [5.74, 6) is -0.0739. The summed E-state index contributed by atoms with van der Waals surface area (Å²) < 4.78 is 5.25. The Bertz CT molecular complexity index is 1720. The van der Waals surface area contributed by atoms with E-state index in [1.165, 1.54) is 0 Å². The number of nitrogens with zero attached hydrogens (tertiary/aromatic N) is 4. The molecule has 6 heterocycles. The zero-order valence-electron chi connectivity index (χ0n) is 20.0. The van der Waals surface area contributed by atoms with Crippen LogP contribution in [0.1, 0.15) is 20.8 Å². The molecule has 9 heteroatoms. The zero-order valence-corrected chi connectivity index (χ0v) is 20.0. The Labute approximate surface area is 206 Å². The number of furan rings is 1. The van der Waals surface area contributed by atoms with Crippen molar-refractivity contribution in [2.75, 3.05) is 5.32 Å². The second-order valence-electron chi connectivity index (χ2n) is 9.68. The summed E-state index contributed by atoms with van der Waals surface area (Å²) in [5, 5.41) is 12.3. The van der Waals surface area contributed by atoms with E-state index < -0.39 is 5.41 Å². The summed E-state index contributed by atoms with van der Waals surface area (Å²) in [6.07, 6.45) is 10.2. The van der Waals surface area contributed by atoms with E-state index in [2.05, 4.69) is 41.5 Å². The van der Waals surface area contributed by atoms with Crippen LogP contribution in [-0.2, 0) is 4.79 Å². The van der Waals surface area contributed by atoms with Gasteiger partial charge in [0.15, 0.2) is 5.65 Å². The third kappa shape index (κ3) is 3.80. The molecule has 0 bridgehead atoms. The molecule has 0 aliphatic heterocycles. The van der Waals surface area contributed by atoms with Gasteiger partial charge < -0.3 is 14.7 Å². The van der Waals surface area contributed by atoms with Crippen molar-refractivity contribution in [2.45, 2.75) is 20.8 Å². The van der Waals surface area contributed by atoms with Crippen LogP contribution in [0.5, 0.6) is 0 Å². The van der Waals surface area contributed by atoms with E-state index in [9.17, 15) is 4.79 Å². The molecule has 0 radical (unpaired) electrons. The second-order valence-corrected chi connectivity index (χ2v) is 9.68. The SMILES string of the molecule is CC(C)(C)C(=O)Nc1cncc(-c2cnc3n[nH]c(-c4cc5c(-c6ccoc6)nccc5[nH]4)c3c2)c1. The maximum absolute atomic E-state index is 12.4. The molecule has 36 heavy (non-hydrogen) atoms. The minimum absolute atomic E-state index is 0.0739. The molecule has 6 rings (SSSR count). The summed E-state index contributed by atoms with van der Waals surface area (Å²) in [7, 11) is 0. The molecule has 0 aliphatic rings. The molecule has 178 valence electrons. The summed E-state index contributed by atoms with van der Waals surface area (Å²) >= 11 is 0. The monoisotopic (exact) mass is 477 g/mol. The van der Waals surface area contributed by atoms with Crippen LogP contribution < -0.4 is 5.32 Å². The first-order valence-corrected chi connectivity index (χ1v) is 11.5. The molecular weight excluding hydrogens is 454 g/mol. The quantitative estimate of drug-likeness (QED) is 0.294. The van der Waals surface area contributed by atoms with Gasteiger partial charge in [0, 0.05) is 57.0 Å². The van der Waals surface area contributed by atoms with Gasteiger partial charge in [-0.2, -0.15) is 5.10 Å². The summed E-state index contributed by atoms with van der Waals surface area (Å²) in [5.41, 5.74) is 6.83. The van der Waals surface area contributed by atoms with E-state index in [1.54, 1.807) is 37.3 Å². The average Bonchev–Trinajstić information content (AvgIpc) is 3.62. The number of carbonyl (C=O) groups is 1. The number of carbonyl (C=O) groups excluding carboxylic acids is 1. The highest BCUT2D eigenvalue weighted by Crippen LogP contribution is 2.34. The highest BCUT2D eigenvalue weighted by molar-refractivity contribution is 6.00. The summed E-state index contributed by atoms with van der Waals surface area (Å²) in [4.78, 5) is 29.3. The Morgan fingerprint density at radius 2 is 1.83 bits per heavy atom. The van der Waals surface area contributed by atoms with E-state index in [1.807, 2.05) is 45.0 Å². The lowest BCUT2D eigenvalue weighted by Gasteiger charge is -2.17. The number of hydrogen-bond donors (Lipinski definition) is 3. The molecule has 0 fully saturated rings. The lowest BCUT2D eigenvalue weighted by Crippen LogP contribution is -2.27. The lowest BCUT2D eigenvalue weighted by molar-refractivity contribution is -0.123.